The molecule has 2 fully saturated rings. The maximum absolute atomic E-state index is 5.57. The van der Waals surface area contributed by atoms with E-state index in [1.165, 1.54) is 39.0 Å². The van der Waals surface area contributed by atoms with Crippen LogP contribution in [0.4, 0.5) is 0 Å². The molecular formula is C22H47IN6O. The van der Waals surface area contributed by atoms with Crippen LogP contribution in [0.1, 0.15) is 33.6 Å². The highest BCUT2D eigenvalue weighted by Gasteiger charge is 2.27. The van der Waals surface area contributed by atoms with Gasteiger partial charge >= 0.3 is 0 Å². The molecule has 0 amide bonds. The van der Waals surface area contributed by atoms with Crippen LogP contribution in [0.15, 0.2) is 4.99 Å². The zero-order valence-corrected chi connectivity index (χ0v) is 22.4. The third kappa shape index (κ3) is 9.54. The van der Waals surface area contributed by atoms with Crippen LogP contribution in [-0.2, 0) is 4.74 Å². The summed E-state index contributed by atoms with van der Waals surface area (Å²) in [6, 6.07) is 0.537. The fraction of sp³-hybridized carbons (Fsp3) is 0.955. The Morgan fingerprint density at radius 3 is 2.13 bits per heavy atom. The number of aliphatic imine (C=N–C) groups is 1. The Morgan fingerprint density at radius 1 is 0.967 bits per heavy atom. The molecule has 2 aliphatic heterocycles. The van der Waals surface area contributed by atoms with Gasteiger partial charge in [0.15, 0.2) is 5.96 Å². The van der Waals surface area contributed by atoms with Crippen LogP contribution < -0.4 is 10.6 Å². The Bertz CT molecular complexity index is 463. The molecule has 2 atom stereocenters. The van der Waals surface area contributed by atoms with E-state index < -0.39 is 0 Å². The lowest BCUT2D eigenvalue weighted by Crippen LogP contribution is -2.53. The SMILES string of the molecule is CCC(CC)C(CNC(=NC)NCC(C)CN1CCN(C)CC1)N1CCOCC1.I. The number of hydrogen-bond acceptors (Lipinski definition) is 5. The number of halogens is 1. The van der Waals surface area contributed by atoms with Gasteiger partial charge in [0, 0.05) is 72.0 Å². The van der Waals surface area contributed by atoms with E-state index >= 15 is 0 Å². The first-order valence-electron chi connectivity index (χ1n) is 11.7. The van der Waals surface area contributed by atoms with E-state index in [4.69, 9.17) is 4.74 Å². The summed E-state index contributed by atoms with van der Waals surface area (Å²) in [7, 11) is 4.09. The molecule has 2 N–H and O–H groups in total. The zero-order valence-electron chi connectivity index (χ0n) is 20.0. The second-order valence-corrected chi connectivity index (χ2v) is 8.84. The van der Waals surface area contributed by atoms with Crippen LogP contribution in [0.3, 0.4) is 0 Å². The highest BCUT2D eigenvalue weighted by atomic mass is 127. The van der Waals surface area contributed by atoms with Gasteiger partial charge in [-0.25, -0.2) is 0 Å². The number of ether oxygens (including phenoxy) is 1. The molecule has 0 aliphatic carbocycles. The van der Waals surface area contributed by atoms with Gasteiger partial charge < -0.3 is 25.2 Å². The third-order valence-electron chi connectivity index (χ3n) is 6.59. The van der Waals surface area contributed by atoms with Crippen molar-refractivity contribution in [1.82, 2.24) is 25.3 Å². The largest absolute Gasteiger partial charge is 0.379 e. The van der Waals surface area contributed by atoms with Crippen LogP contribution >= 0.6 is 24.0 Å². The molecule has 0 saturated carbocycles. The molecular weight excluding hydrogens is 491 g/mol. The maximum Gasteiger partial charge on any atom is 0.191 e. The lowest BCUT2D eigenvalue weighted by atomic mass is 9.92. The van der Waals surface area contributed by atoms with E-state index in [2.05, 4.69) is 58.1 Å². The van der Waals surface area contributed by atoms with Gasteiger partial charge in [-0.2, -0.15) is 0 Å². The molecule has 2 heterocycles. The quantitative estimate of drug-likeness (QED) is 0.252. The Balaban J connectivity index is 0.00000450. The summed E-state index contributed by atoms with van der Waals surface area (Å²) >= 11 is 0. The Morgan fingerprint density at radius 2 is 1.57 bits per heavy atom. The van der Waals surface area contributed by atoms with Gasteiger partial charge in [-0.3, -0.25) is 9.89 Å². The van der Waals surface area contributed by atoms with Crippen molar-refractivity contribution in [1.29, 1.82) is 0 Å². The van der Waals surface area contributed by atoms with Crippen molar-refractivity contribution in [3.8, 4) is 0 Å². The molecule has 8 heteroatoms. The predicted molar refractivity (Wildman–Crippen MR) is 138 cm³/mol. The molecule has 30 heavy (non-hydrogen) atoms. The van der Waals surface area contributed by atoms with Crippen LogP contribution in [0.5, 0.6) is 0 Å². The summed E-state index contributed by atoms with van der Waals surface area (Å²) in [5.74, 6) is 2.24. The number of nitrogens with zero attached hydrogens (tertiary/aromatic N) is 4. The Hall–Kier alpha value is -0.160. The van der Waals surface area contributed by atoms with Crippen LogP contribution in [-0.4, -0.2) is 113 Å². The minimum atomic E-state index is 0. The molecule has 0 aromatic heterocycles. The molecule has 0 radical (unpaired) electrons. The number of likely N-dealkylation sites (N-methyl/N-ethyl adjacent to an activating group) is 1. The standard InChI is InChI=1S/C22H46N6O.HI/c1-6-20(7-2)21(28-12-14-29-15-13-28)17-25-22(23-4)24-16-19(3)18-27-10-8-26(5)9-11-27;/h19-21H,6-18H2,1-5H3,(H2,23,24,25);1H. The second kappa shape index (κ2) is 15.6. The van der Waals surface area contributed by atoms with Gasteiger partial charge in [-0.1, -0.05) is 33.6 Å². The van der Waals surface area contributed by atoms with Gasteiger partial charge in [0.05, 0.1) is 13.2 Å². The van der Waals surface area contributed by atoms with Gasteiger partial charge in [0.1, 0.15) is 0 Å². The smallest absolute Gasteiger partial charge is 0.191 e. The number of hydrogen-bond donors (Lipinski definition) is 2. The van der Waals surface area contributed by atoms with Crippen LogP contribution in [0.25, 0.3) is 0 Å². The average Bonchev–Trinajstić information content (AvgIpc) is 2.75. The van der Waals surface area contributed by atoms with E-state index in [1.54, 1.807) is 0 Å². The van der Waals surface area contributed by atoms with Gasteiger partial charge in [-0.05, 0) is 18.9 Å². The monoisotopic (exact) mass is 538 g/mol. The van der Waals surface area contributed by atoms with E-state index in [0.29, 0.717) is 17.9 Å². The fourth-order valence-electron chi connectivity index (χ4n) is 4.56. The Kier molecular flexibility index (Phi) is 14.5. The number of piperazine rings is 1. The number of nitrogens with one attached hydrogen (secondary N) is 2. The van der Waals surface area contributed by atoms with Crippen molar-refractivity contribution < 1.29 is 4.74 Å². The van der Waals surface area contributed by atoms with Crippen LogP contribution in [0, 0.1) is 11.8 Å². The third-order valence-corrected chi connectivity index (χ3v) is 6.59. The molecule has 0 aromatic carbocycles. The minimum Gasteiger partial charge on any atom is -0.379 e. The van der Waals surface area contributed by atoms with E-state index in [-0.39, 0.29) is 24.0 Å². The molecule has 7 nitrogen and oxygen atoms in total. The molecule has 178 valence electrons. The van der Waals surface area contributed by atoms with Crippen molar-refractivity contribution in [2.75, 3.05) is 86.2 Å². The van der Waals surface area contributed by atoms with Gasteiger partial charge in [0.25, 0.3) is 0 Å². The van der Waals surface area contributed by atoms with E-state index in [1.807, 2.05) is 7.05 Å². The minimum absolute atomic E-state index is 0. The summed E-state index contributed by atoms with van der Waals surface area (Å²) in [6.45, 7) is 18.5. The normalized spacial score (nSPS) is 21.9. The molecule has 2 aliphatic rings. The summed E-state index contributed by atoms with van der Waals surface area (Å²) in [5, 5.41) is 7.18. The number of morpholine rings is 1. The summed E-state index contributed by atoms with van der Waals surface area (Å²) < 4.78 is 5.57. The van der Waals surface area contributed by atoms with Crippen molar-refractivity contribution in [2.24, 2.45) is 16.8 Å². The fourth-order valence-corrected chi connectivity index (χ4v) is 4.56. The maximum atomic E-state index is 5.57. The van der Waals surface area contributed by atoms with E-state index in [9.17, 15) is 0 Å². The molecule has 2 unspecified atom stereocenters. The lowest BCUT2D eigenvalue weighted by molar-refractivity contribution is 0.00272. The first-order chi connectivity index (χ1) is 14.1. The molecule has 2 saturated heterocycles. The molecule has 2 rings (SSSR count). The first kappa shape index (κ1) is 27.9. The average molecular weight is 539 g/mol. The van der Waals surface area contributed by atoms with Crippen molar-refractivity contribution in [3.63, 3.8) is 0 Å². The number of guanidine groups is 1. The highest BCUT2D eigenvalue weighted by Crippen LogP contribution is 2.19. The highest BCUT2D eigenvalue weighted by molar-refractivity contribution is 14.0. The van der Waals surface area contributed by atoms with Crippen molar-refractivity contribution >= 4 is 29.9 Å². The van der Waals surface area contributed by atoms with Gasteiger partial charge in [-0.15, -0.1) is 24.0 Å². The summed E-state index contributed by atoms with van der Waals surface area (Å²) in [6.07, 6.45) is 2.43. The zero-order chi connectivity index (χ0) is 21.1. The van der Waals surface area contributed by atoms with Crippen molar-refractivity contribution in [3.05, 3.63) is 0 Å². The van der Waals surface area contributed by atoms with E-state index in [0.717, 1.165) is 51.9 Å². The Labute approximate surface area is 202 Å². The first-order valence-corrected chi connectivity index (χ1v) is 11.7. The molecule has 0 spiro atoms. The lowest BCUT2D eigenvalue weighted by Gasteiger charge is -2.39. The van der Waals surface area contributed by atoms with Crippen molar-refractivity contribution in [2.45, 2.75) is 39.7 Å². The van der Waals surface area contributed by atoms with Crippen LogP contribution in [0.2, 0.25) is 0 Å². The molecule has 0 bridgehead atoms. The summed E-state index contributed by atoms with van der Waals surface area (Å²) in [5.41, 5.74) is 0. The predicted octanol–water partition coefficient (Wildman–Crippen LogP) is 1.79. The summed E-state index contributed by atoms with van der Waals surface area (Å²) in [4.78, 5) is 12.1. The molecule has 0 aromatic rings. The number of rotatable bonds is 10. The van der Waals surface area contributed by atoms with Gasteiger partial charge in [0.2, 0.25) is 0 Å². The topological polar surface area (TPSA) is 55.4 Å². The second-order valence-electron chi connectivity index (χ2n) is 8.84.